The number of thiophene rings is 1. The van der Waals surface area contributed by atoms with Gasteiger partial charge in [0.15, 0.2) is 0 Å². The van der Waals surface area contributed by atoms with Crippen LogP contribution in [0.4, 0.5) is 13.2 Å². The van der Waals surface area contributed by atoms with Gasteiger partial charge in [0, 0.05) is 23.7 Å². The minimum absolute atomic E-state index is 0.196. The summed E-state index contributed by atoms with van der Waals surface area (Å²) in [5, 5.41) is 1.23. The van der Waals surface area contributed by atoms with Gasteiger partial charge in [0.1, 0.15) is 4.88 Å². The highest BCUT2D eigenvalue weighted by atomic mass is 35.5. The lowest BCUT2D eigenvalue weighted by Gasteiger charge is -2.17. The molecule has 0 spiro atoms. The highest BCUT2D eigenvalue weighted by Crippen LogP contribution is 2.36. The molecule has 1 amide bonds. The lowest BCUT2D eigenvalue weighted by Crippen LogP contribution is -2.25. The van der Waals surface area contributed by atoms with Crippen LogP contribution in [0.5, 0.6) is 0 Å². The number of nitrogens with zero attached hydrogens (tertiary/aromatic N) is 1. The summed E-state index contributed by atoms with van der Waals surface area (Å²) in [5.41, 5.74) is -0.0983. The molecular formula is C18H13ClF3NOS. The molecule has 0 saturated carbocycles. The zero-order valence-electron chi connectivity index (χ0n) is 13.1. The van der Waals surface area contributed by atoms with Crippen LogP contribution in [0.25, 0.3) is 10.1 Å². The maximum Gasteiger partial charge on any atom is 0.416 e. The number of halogens is 4. The van der Waals surface area contributed by atoms with Crippen molar-refractivity contribution in [1.29, 1.82) is 0 Å². The molecule has 1 aromatic heterocycles. The molecule has 7 heteroatoms. The zero-order chi connectivity index (χ0) is 18.2. The number of carbonyl (C=O) groups is 1. The molecule has 25 heavy (non-hydrogen) atoms. The molecule has 0 aliphatic heterocycles. The Morgan fingerprint density at radius 2 is 1.76 bits per heavy atom. The Labute approximate surface area is 151 Å². The van der Waals surface area contributed by atoms with Gasteiger partial charge in [-0.2, -0.15) is 13.2 Å². The number of amides is 1. The maximum atomic E-state index is 12.6. The number of benzene rings is 2. The van der Waals surface area contributed by atoms with Crippen molar-refractivity contribution in [3.05, 3.63) is 69.6 Å². The summed E-state index contributed by atoms with van der Waals surface area (Å²) in [7, 11) is 1.60. The highest BCUT2D eigenvalue weighted by molar-refractivity contribution is 7.21. The van der Waals surface area contributed by atoms with Crippen LogP contribution in [0.1, 0.15) is 20.8 Å². The van der Waals surface area contributed by atoms with Crippen LogP contribution in [-0.2, 0) is 12.7 Å². The van der Waals surface area contributed by atoms with E-state index in [1.165, 1.54) is 28.4 Å². The van der Waals surface area contributed by atoms with Crippen LogP contribution in [0, 0.1) is 0 Å². The van der Waals surface area contributed by atoms with Gasteiger partial charge in [0.25, 0.3) is 5.91 Å². The van der Waals surface area contributed by atoms with Crippen molar-refractivity contribution in [1.82, 2.24) is 4.90 Å². The molecule has 3 rings (SSSR count). The summed E-state index contributed by atoms with van der Waals surface area (Å²) in [4.78, 5) is 14.5. The van der Waals surface area contributed by atoms with E-state index in [9.17, 15) is 18.0 Å². The fourth-order valence-corrected chi connectivity index (χ4v) is 3.98. The van der Waals surface area contributed by atoms with Gasteiger partial charge in [-0.3, -0.25) is 4.79 Å². The van der Waals surface area contributed by atoms with E-state index in [-0.39, 0.29) is 12.5 Å². The Bertz CT molecular complexity index is 918. The van der Waals surface area contributed by atoms with Crippen LogP contribution in [-0.4, -0.2) is 17.9 Å². The third-order valence-corrected chi connectivity index (χ3v) is 5.44. The SMILES string of the molecule is CN(Cc1ccc(C(F)(F)F)cc1)C(=O)c1sc2ccccc2c1Cl. The minimum Gasteiger partial charge on any atom is -0.337 e. The third kappa shape index (κ3) is 3.65. The van der Waals surface area contributed by atoms with Gasteiger partial charge in [0.2, 0.25) is 0 Å². The first-order valence-corrected chi connectivity index (χ1v) is 8.55. The van der Waals surface area contributed by atoms with E-state index < -0.39 is 11.7 Å². The summed E-state index contributed by atoms with van der Waals surface area (Å²) in [6.07, 6.45) is -4.37. The van der Waals surface area contributed by atoms with Crippen LogP contribution < -0.4 is 0 Å². The van der Waals surface area contributed by atoms with Gasteiger partial charge >= 0.3 is 6.18 Å². The summed E-state index contributed by atoms with van der Waals surface area (Å²) < 4.78 is 38.7. The molecule has 130 valence electrons. The van der Waals surface area contributed by atoms with E-state index in [0.717, 1.165) is 22.2 Å². The first-order valence-electron chi connectivity index (χ1n) is 7.36. The summed E-state index contributed by atoms with van der Waals surface area (Å²) in [6, 6.07) is 12.2. The molecule has 0 atom stereocenters. The molecule has 0 fully saturated rings. The number of rotatable bonds is 3. The molecule has 0 aliphatic rings. The third-order valence-electron chi connectivity index (χ3n) is 3.78. The van der Waals surface area contributed by atoms with Crippen LogP contribution in [0.15, 0.2) is 48.5 Å². The smallest absolute Gasteiger partial charge is 0.337 e. The van der Waals surface area contributed by atoms with Gasteiger partial charge < -0.3 is 4.90 Å². The second-order valence-electron chi connectivity index (χ2n) is 5.60. The van der Waals surface area contributed by atoms with Crippen molar-refractivity contribution in [3.63, 3.8) is 0 Å². The quantitative estimate of drug-likeness (QED) is 0.556. The molecule has 0 radical (unpaired) electrons. The molecule has 0 bridgehead atoms. The van der Waals surface area contributed by atoms with Crippen molar-refractivity contribution >= 4 is 38.9 Å². The van der Waals surface area contributed by atoms with E-state index in [0.29, 0.717) is 15.5 Å². The Balaban J connectivity index is 1.79. The standard InChI is InChI=1S/C18H13ClF3NOS/c1-23(10-11-6-8-12(9-7-11)18(20,21)22)17(24)16-15(19)13-4-2-3-5-14(13)25-16/h2-9H,10H2,1H3. The maximum absolute atomic E-state index is 12.6. The number of hydrogen-bond acceptors (Lipinski definition) is 2. The van der Waals surface area contributed by atoms with Gasteiger partial charge in [-0.1, -0.05) is 41.9 Å². The molecule has 1 heterocycles. The molecule has 0 saturated heterocycles. The molecular weight excluding hydrogens is 371 g/mol. The van der Waals surface area contributed by atoms with Gasteiger partial charge in [-0.25, -0.2) is 0 Å². The van der Waals surface area contributed by atoms with Crippen molar-refractivity contribution in [2.45, 2.75) is 12.7 Å². The number of alkyl halides is 3. The first kappa shape index (κ1) is 17.8. The molecule has 2 nitrogen and oxygen atoms in total. The monoisotopic (exact) mass is 383 g/mol. The average Bonchev–Trinajstić information content (AvgIpc) is 2.91. The second kappa shape index (κ2) is 6.69. The zero-order valence-corrected chi connectivity index (χ0v) is 14.7. The Morgan fingerprint density at radius 1 is 1.12 bits per heavy atom. The minimum atomic E-state index is -4.37. The molecule has 0 unspecified atom stereocenters. The van der Waals surface area contributed by atoms with Gasteiger partial charge in [-0.05, 0) is 23.8 Å². The van der Waals surface area contributed by atoms with Crippen LogP contribution >= 0.6 is 22.9 Å². The summed E-state index contributed by atoms with van der Waals surface area (Å²) >= 11 is 7.61. The largest absolute Gasteiger partial charge is 0.416 e. The van der Waals surface area contributed by atoms with Crippen molar-refractivity contribution in [3.8, 4) is 0 Å². The fourth-order valence-electron chi connectivity index (χ4n) is 2.47. The molecule has 3 aromatic rings. The summed E-state index contributed by atoms with van der Waals surface area (Å²) in [5.74, 6) is -0.258. The normalized spacial score (nSPS) is 11.7. The second-order valence-corrected chi connectivity index (χ2v) is 7.03. The van der Waals surface area contributed by atoms with E-state index in [2.05, 4.69) is 0 Å². The molecule has 2 aromatic carbocycles. The van der Waals surface area contributed by atoms with Gasteiger partial charge in [0.05, 0.1) is 10.6 Å². The average molecular weight is 384 g/mol. The van der Waals surface area contributed by atoms with E-state index in [4.69, 9.17) is 11.6 Å². The Morgan fingerprint density at radius 3 is 2.36 bits per heavy atom. The topological polar surface area (TPSA) is 20.3 Å². The van der Waals surface area contributed by atoms with E-state index in [1.54, 1.807) is 7.05 Å². The number of fused-ring (bicyclic) bond motifs is 1. The van der Waals surface area contributed by atoms with Crippen molar-refractivity contribution in [2.24, 2.45) is 0 Å². The van der Waals surface area contributed by atoms with E-state index in [1.807, 2.05) is 24.3 Å². The summed E-state index contributed by atoms with van der Waals surface area (Å²) in [6.45, 7) is 0.196. The molecule has 0 aliphatic carbocycles. The lowest BCUT2D eigenvalue weighted by molar-refractivity contribution is -0.137. The molecule has 0 N–H and O–H groups in total. The fraction of sp³-hybridized carbons (Fsp3) is 0.167. The highest BCUT2D eigenvalue weighted by Gasteiger charge is 2.30. The first-order chi connectivity index (χ1) is 11.8. The van der Waals surface area contributed by atoms with Crippen LogP contribution in [0.2, 0.25) is 5.02 Å². The van der Waals surface area contributed by atoms with E-state index >= 15 is 0 Å². The predicted molar refractivity (Wildman–Crippen MR) is 94.1 cm³/mol. The Kier molecular flexibility index (Phi) is 4.75. The van der Waals surface area contributed by atoms with Crippen LogP contribution in [0.3, 0.4) is 0 Å². The van der Waals surface area contributed by atoms with Gasteiger partial charge in [-0.15, -0.1) is 11.3 Å². The van der Waals surface area contributed by atoms with Crippen molar-refractivity contribution in [2.75, 3.05) is 7.05 Å². The predicted octanol–water partition coefficient (Wildman–Crippen LogP) is 5.85. The number of hydrogen-bond donors (Lipinski definition) is 0. The Hall–Kier alpha value is -2.05. The lowest BCUT2D eigenvalue weighted by atomic mass is 10.1. The van der Waals surface area contributed by atoms with Crippen molar-refractivity contribution < 1.29 is 18.0 Å². The number of carbonyl (C=O) groups excluding carboxylic acids is 1.